The third-order valence-corrected chi connectivity index (χ3v) is 3.00. The average Bonchev–Trinajstić information content (AvgIpc) is 3.17. The van der Waals surface area contributed by atoms with Gasteiger partial charge in [-0.3, -0.25) is 0 Å². The predicted octanol–water partition coefficient (Wildman–Crippen LogP) is 0.363. The summed E-state index contributed by atoms with van der Waals surface area (Å²) < 4.78 is 10.4. The number of nitrogens with zero attached hydrogens (tertiary/aromatic N) is 2. The monoisotopic (exact) mass is 320 g/mol. The first-order valence-electron chi connectivity index (χ1n) is 5.87. The zero-order chi connectivity index (χ0) is 14.7. The zero-order valence-electron chi connectivity index (χ0n) is 10.6. The van der Waals surface area contributed by atoms with E-state index in [-0.39, 0.29) is 28.3 Å². The smallest absolute Gasteiger partial charge is 0.225 e. The van der Waals surface area contributed by atoms with Gasteiger partial charge in [0, 0.05) is 6.04 Å². The molecule has 0 radical (unpaired) electrons. The molecule has 0 aliphatic carbocycles. The molecular formula is C11H12Cl2N3O4-. The minimum atomic E-state index is -1.52. The molecule has 1 unspecified atom stereocenters. The number of carbonyl (C=O) groups excluding carboxylic acids is 1. The molecule has 2 heterocycles. The van der Waals surface area contributed by atoms with Crippen LogP contribution in [0.2, 0.25) is 10.3 Å². The van der Waals surface area contributed by atoms with Crippen molar-refractivity contribution < 1.29 is 19.4 Å². The lowest BCUT2D eigenvalue weighted by molar-refractivity contribution is -0.255. The number of carboxylic acid groups (broad SMARTS) is 1. The highest BCUT2D eigenvalue weighted by Crippen LogP contribution is 2.24. The molecule has 1 N–H and O–H groups in total. The highest BCUT2D eigenvalue weighted by atomic mass is 35.5. The van der Waals surface area contributed by atoms with E-state index in [1.807, 2.05) is 6.92 Å². The number of anilines is 1. The fourth-order valence-corrected chi connectivity index (χ4v) is 1.85. The first-order valence-corrected chi connectivity index (χ1v) is 6.63. The van der Waals surface area contributed by atoms with Crippen LogP contribution in [0.5, 0.6) is 0 Å². The van der Waals surface area contributed by atoms with Crippen LogP contribution in [0.15, 0.2) is 0 Å². The van der Waals surface area contributed by atoms with E-state index in [1.165, 1.54) is 0 Å². The minimum absolute atomic E-state index is 0.129. The molecule has 1 aliphatic rings. The van der Waals surface area contributed by atoms with Gasteiger partial charge in [0.05, 0.1) is 25.8 Å². The molecule has 0 spiro atoms. The number of carbonyl (C=O) groups is 1. The fourth-order valence-electron chi connectivity index (χ4n) is 1.47. The SMILES string of the molecule is C[C@@H](COCC1CO1)Nc1nc(Cl)nc(C(=O)[O-])c1Cl. The van der Waals surface area contributed by atoms with Crippen molar-refractivity contribution >= 4 is 35.0 Å². The standard InChI is InChI=1S/C11H13Cl2N3O4/c1-5(2-19-3-6-4-20-6)14-9-7(12)8(10(17)18)15-11(13)16-9/h5-6H,2-4H2,1H3,(H,17,18)(H,14,15,16)/p-1/t5-,6?/m0/s1. The molecule has 0 aromatic carbocycles. The predicted molar refractivity (Wildman–Crippen MR) is 70.0 cm³/mol. The summed E-state index contributed by atoms with van der Waals surface area (Å²) in [5, 5.41) is 13.4. The van der Waals surface area contributed by atoms with Crippen molar-refractivity contribution in [2.45, 2.75) is 19.1 Å². The first-order chi connectivity index (χ1) is 9.47. The summed E-state index contributed by atoms with van der Waals surface area (Å²) in [6, 6.07) is -0.146. The molecule has 1 aliphatic heterocycles. The normalized spacial score (nSPS) is 18.6. The summed E-state index contributed by atoms with van der Waals surface area (Å²) in [6.45, 7) is 3.47. The Morgan fingerprint density at radius 2 is 2.30 bits per heavy atom. The Morgan fingerprint density at radius 3 is 2.90 bits per heavy atom. The molecule has 1 fully saturated rings. The number of hydrogen-bond donors (Lipinski definition) is 1. The molecular weight excluding hydrogens is 309 g/mol. The zero-order valence-corrected chi connectivity index (χ0v) is 12.1. The van der Waals surface area contributed by atoms with E-state index in [0.717, 1.165) is 6.61 Å². The van der Waals surface area contributed by atoms with Crippen molar-refractivity contribution in [3.8, 4) is 0 Å². The highest BCUT2D eigenvalue weighted by molar-refractivity contribution is 6.36. The Labute approximate surface area is 125 Å². The molecule has 0 bridgehead atoms. The second-order valence-electron chi connectivity index (χ2n) is 4.33. The number of aromatic nitrogens is 2. The van der Waals surface area contributed by atoms with Crippen LogP contribution in [0.4, 0.5) is 5.82 Å². The van der Waals surface area contributed by atoms with Crippen LogP contribution in [-0.4, -0.2) is 47.9 Å². The quantitative estimate of drug-likeness (QED) is 0.572. The van der Waals surface area contributed by atoms with Crippen LogP contribution < -0.4 is 10.4 Å². The number of epoxide rings is 1. The van der Waals surface area contributed by atoms with E-state index in [4.69, 9.17) is 32.7 Å². The van der Waals surface area contributed by atoms with Gasteiger partial charge in [-0.05, 0) is 18.5 Å². The third kappa shape index (κ3) is 4.17. The molecule has 110 valence electrons. The van der Waals surface area contributed by atoms with Crippen LogP contribution in [0, 0.1) is 0 Å². The molecule has 2 atom stereocenters. The third-order valence-electron chi connectivity index (χ3n) is 2.47. The van der Waals surface area contributed by atoms with Crippen molar-refractivity contribution in [2.24, 2.45) is 0 Å². The van der Waals surface area contributed by atoms with Gasteiger partial charge in [0.1, 0.15) is 16.8 Å². The van der Waals surface area contributed by atoms with Crippen molar-refractivity contribution in [1.29, 1.82) is 0 Å². The molecule has 7 nitrogen and oxygen atoms in total. The van der Waals surface area contributed by atoms with Gasteiger partial charge in [0.15, 0.2) is 5.82 Å². The maximum atomic E-state index is 10.9. The Hall–Kier alpha value is -1.15. The van der Waals surface area contributed by atoms with Gasteiger partial charge < -0.3 is 24.7 Å². The number of ether oxygens (including phenoxy) is 2. The van der Waals surface area contributed by atoms with Crippen LogP contribution >= 0.6 is 23.2 Å². The number of rotatable bonds is 7. The summed E-state index contributed by atoms with van der Waals surface area (Å²) in [7, 11) is 0. The fraction of sp³-hybridized carbons (Fsp3) is 0.545. The summed E-state index contributed by atoms with van der Waals surface area (Å²) in [5.74, 6) is -1.39. The van der Waals surface area contributed by atoms with Gasteiger partial charge in [-0.15, -0.1) is 0 Å². The Bertz CT molecular complexity index is 511. The van der Waals surface area contributed by atoms with Gasteiger partial charge in [-0.2, -0.15) is 4.98 Å². The first kappa shape index (κ1) is 15.2. The Balaban J connectivity index is 1.98. The van der Waals surface area contributed by atoms with E-state index in [2.05, 4.69) is 15.3 Å². The second-order valence-corrected chi connectivity index (χ2v) is 5.05. The lowest BCUT2D eigenvalue weighted by Gasteiger charge is -2.17. The summed E-state index contributed by atoms with van der Waals surface area (Å²) in [4.78, 5) is 18.2. The molecule has 9 heteroatoms. The van der Waals surface area contributed by atoms with Gasteiger partial charge >= 0.3 is 0 Å². The summed E-state index contributed by atoms with van der Waals surface area (Å²) in [5.41, 5.74) is -0.450. The molecule has 1 saturated heterocycles. The lowest BCUT2D eigenvalue weighted by Crippen LogP contribution is -2.27. The van der Waals surface area contributed by atoms with Gasteiger partial charge in [-0.1, -0.05) is 11.6 Å². The van der Waals surface area contributed by atoms with Crippen molar-refractivity contribution in [3.63, 3.8) is 0 Å². The highest BCUT2D eigenvalue weighted by Gasteiger charge is 2.22. The van der Waals surface area contributed by atoms with Crippen LogP contribution in [0.25, 0.3) is 0 Å². The van der Waals surface area contributed by atoms with E-state index in [0.29, 0.717) is 13.2 Å². The number of nitrogens with one attached hydrogen (secondary N) is 1. The van der Waals surface area contributed by atoms with E-state index < -0.39 is 11.7 Å². The van der Waals surface area contributed by atoms with Gasteiger partial charge in [0.2, 0.25) is 5.28 Å². The Morgan fingerprint density at radius 1 is 1.60 bits per heavy atom. The second kappa shape index (κ2) is 6.53. The molecule has 1 aromatic rings. The molecule has 0 amide bonds. The lowest BCUT2D eigenvalue weighted by atomic mass is 10.3. The van der Waals surface area contributed by atoms with Crippen molar-refractivity contribution in [1.82, 2.24) is 9.97 Å². The summed E-state index contributed by atoms with van der Waals surface area (Å²) >= 11 is 11.5. The van der Waals surface area contributed by atoms with Crippen molar-refractivity contribution in [3.05, 3.63) is 16.0 Å². The van der Waals surface area contributed by atoms with Gasteiger partial charge in [-0.25, -0.2) is 4.98 Å². The number of hydrogen-bond acceptors (Lipinski definition) is 7. The Kier molecular flexibility index (Phi) is 4.98. The maximum absolute atomic E-state index is 10.9. The number of aromatic carboxylic acids is 1. The van der Waals surface area contributed by atoms with Crippen LogP contribution in [0.3, 0.4) is 0 Å². The van der Waals surface area contributed by atoms with Crippen LogP contribution in [-0.2, 0) is 9.47 Å². The maximum Gasteiger partial charge on any atom is 0.225 e. The van der Waals surface area contributed by atoms with Gasteiger partial charge in [0.25, 0.3) is 0 Å². The number of halogens is 2. The topological polar surface area (TPSA) is 99.7 Å². The summed E-state index contributed by atoms with van der Waals surface area (Å²) in [6.07, 6.45) is 0.184. The van der Waals surface area contributed by atoms with Crippen molar-refractivity contribution in [2.75, 3.05) is 25.1 Å². The largest absolute Gasteiger partial charge is 0.543 e. The average molecular weight is 321 g/mol. The van der Waals surface area contributed by atoms with E-state index in [9.17, 15) is 9.90 Å². The van der Waals surface area contributed by atoms with E-state index >= 15 is 0 Å². The molecule has 0 saturated carbocycles. The van der Waals surface area contributed by atoms with E-state index in [1.54, 1.807) is 0 Å². The minimum Gasteiger partial charge on any atom is -0.543 e. The van der Waals surface area contributed by atoms with Crippen LogP contribution in [0.1, 0.15) is 17.4 Å². The molecule has 2 rings (SSSR count). The number of carboxylic acids is 1. The molecule has 20 heavy (non-hydrogen) atoms. The molecule has 1 aromatic heterocycles.